The molecule has 0 aliphatic carbocycles. The fourth-order valence-electron chi connectivity index (χ4n) is 2.44. The first-order chi connectivity index (χ1) is 9.72. The minimum atomic E-state index is 0.0663. The molecule has 0 aromatic heterocycles. The third-order valence-electron chi connectivity index (χ3n) is 3.48. The van der Waals surface area contributed by atoms with Gasteiger partial charge in [-0.1, -0.05) is 24.3 Å². The minimum absolute atomic E-state index is 0.0663. The molecule has 1 amide bonds. The predicted octanol–water partition coefficient (Wildman–Crippen LogP) is 2.64. The Morgan fingerprint density at radius 3 is 2.95 bits per heavy atom. The van der Waals surface area contributed by atoms with Crippen LogP contribution in [-0.2, 0) is 4.79 Å². The zero-order valence-electron chi connectivity index (χ0n) is 12.0. The van der Waals surface area contributed by atoms with Crippen molar-refractivity contribution in [3.05, 3.63) is 29.3 Å². The van der Waals surface area contributed by atoms with Crippen molar-refractivity contribution in [1.82, 2.24) is 0 Å². The number of carbonyl (C=O) groups excluding carboxylic acids is 1. The van der Waals surface area contributed by atoms with E-state index >= 15 is 0 Å². The standard InChI is InChI=1S/C17H21NO2/c1-14-9-10-16(15(13-14)7-4-6-12-19)18-11-5-2-3-8-17(18)20/h9-10,13,19H,2-3,5-6,8,11-12H2,1H3. The van der Waals surface area contributed by atoms with Crippen molar-refractivity contribution in [3.8, 4) is 11.8 Å². The smallest absolute Gasteiger partial charge is 0.227 e. The van der Waals surface area contributed by atoms with Gasteiger partial charge < -0.3 is 10.0 Å². The lowest BCUT2D eigenvalue weighted by atomic mass is 10.1. The van der Waals surface area contributed by atoms with Gasteiger partial charge in [0.2, 0.25) is 5.91 Å². The van der Waals surface area contributed by atoms with Gasteiger partial charge in [-0.25, -0.2) is 0 Å². The molecule has 0 saturated carbocycles. The Bertz CT molecular complexity index is 540. The lowest BCUT2D eigenvalue weighted by Gasteiger charge is -2.22. The van der Waals surface area contributed by atoms with Crippen molar-refractivity contribution in [2.75, 3.05) is 18.1 Å². The first-order valence-corrected chi connectivity index (χ1v) is 7.23. The highest BCUT2D eigenvalue weighted by atomic mass is 16.2. The van der Waals surface area contributed by atoms with Crippen LogP contribution in [0, 0.1) is 18.8 Å². The van der Waals surface area contributed by atoms with Crippen LogP contribution >= 0.6 is 0 Å². The van der Waals surface area contributed by atoms with Crippen LogP contribution in [0.1, 0.15) is 43.2 Å². The summed E-state index contributed by atoms with van der Waals surface area (Å²) in [4.78, 5) is 14.1. The molecule has 0 spiro atoms. The topological polar surface area (TPSA) is 40.5 Å². The van der Waals surface area contributed by atoms with E-state index in [9.17, 15) is 4.79 Å². The summed E-state index contributed by atoms with van der Waals surface area (Å²) in [6.07, 6.45) is 4.22. The lowest BCUT2D eigenvalue weighted by molar-refractivity contribution is -0.118. The van der Waals surface area contributed by atoms with Crippen molar-refractivity contribution in [1.29, 1.82) is 0 Å². The number of nitrogens with zero attached hydrogens (tertiary/aromatic N) is 1. The molecule has 1 aromatic carbocycles. The van der Waals surface area contributed by atoms with Gasteiger partial charge in [-0.2, -0.15) is 0 Å². The summed E-state index contributed by atoms with van der Waals surface area (Å²) >= 11 is 0. The summed E-state index contributed by atoms with van der Waals surface area (Å²) in [5.74, 6) is 6.23. The highest BCUT2D eigenvalue weighted by molar-refractivity contribution is 5.95. The maximum absolute atomic E-state index is 12.2. The Morgan fingerprint density at radius 1 is 1.30 bits per heavy atom. The third-order valence-corrected chi connectivity index (χ3v) is 3.48. The van der Waals surface area contributed by atoms with Crippen LogP contribution in [0.3, 0.4) is 0 Å². The zero-order valence-corrected chi connectivity index (χ0v) is 12.0. The highest BCUT2D eigenvalue weighted by Gasteiger charge is 2.20. The van der Waals surface area contributed by atoms with E-state index in [0.717, 1.165) is 42.6 Å². The van der Waals surface area contributed by atoms with Gasteiger partial charge in [-0.15, -0.1) is 0 Å². The molecule has 2 rings (SSSR count). The van der Waals surface area contributed by atoms with Crippen LogP contribution in [0.5, 0.6) is 0 Å². The molecule has 0 radical (unpaired) electrons. The van der Waals surface area contributed by atoms with E-state index in [1.54, 1.807) is 0 Å². The number of benzene rings is 1. The second-order valence-corrected chi connectivity index (χ2v) is 5.15. The second-order valence-electron chi connectivity index (χ2n) is 5.15. The average molecular weight is 271 g/mol. The second kappa shape index (κ2) is 7.12. The SMILES string of the molecule is Cc1ccc(N2CCCCCC2=O)c(C#CCCO)c1. The molecule has 3 heteroatoms. The quantitative estimate of drug-likeness (QED) is 0.840. The Labute approximate surface area is 120 Å². The van der Waals surface area contributed by atoms with Gasteiger partial charge in [0, 0.05) is 24.9 Å². The van der Waals surface area contributed by atoms with Crippen LogP contribution in [0.15, 0.2) is 18.2 Å². The number of amides is 1. The van der Waals surface area contributed by atoms with Crippen molar-refractivity contribution < 1.29 is 9.90 Å². The summed E-state index contributed by atoms with van der Waals surface area (Å²) in [6, 6.07) is 6.02. The molecular formula is C17H21NO2. The van der Waals surface area contributed by atoms with Gasteiger partial charge in [0.25, 0.3) is 0 Å². The van der Waals surface area contributed by atoms with Crippen molar-refractivity contribution >= 4 is 11.6 Å². The minimum Gasteiger partial charge on any atom is -0.395 e. The van der Waals surface area contributed by atoms with Gasteiger partial charge in [0.15, 0.2) is 0 Å². The largest absolute Gasteiger partial charge is 0.395 e. The normalized spacial score (nSPS) is 15.5. The fourth-order valence-corrected chi connectivity index (χ4v) is 2.44. The molecule has 1 N–H and O–H groups in total. The number of aliphatic hydroxyl groups is 1. The van der Waals surface area contributed by atoms with Crippen LogP contribution in [0.25, 0.3) is 0 Å². The van der Waals surface area contributed by atoms with E-state index in [2.05, 4.69) is 11.8 Å². The molecule has 1 aliphatic heterocycles. The molecule has 1 fully saturated rings. The van der Waals surface area contributed by atoms with Crippen molar-refractivity contribution in [2.24, 2.45) is 0 Å². The van der Waals surface area contributed by atoms with Crippen molar-refractivity contribution in [3.63, 3.8) is 0 Å². The van der Waals surface area contributed by atoms with E-state index in [-0.39, 0.29) is 12.5 Å². The number of aliphatic hydroxyl groups excluding tert-OH is 1. The van der Waals surface area contributed by atoms with Crippen LogP contribution in [-0.4, -0.2) is 24.2 Å². The molecule has 0 atom stereocenters. The molecule has 0 unspecified atom stereocenters. The summed E-state index contributed by atoms with van der Waals surface area (Å²) < 4.78 is 0. The maximum atomic E-state index is 12.2. The number of aryl methyl sites for hydroxylation is 1. The Hall–Kier alpha value is -1.79. The van der Waals surface area contributed by atoms with E-state index in [1.807, 2.05) is 30.0 Å². The van der Waals surface area contributed by atoms with Gasteiger partial charge in [0.05, 0.1) is 12.3 Å². The first-order valence-electron chi connectivity index (χ1n) is 7.23. The maximum Gasteiger partial charge on any atom is 0.227 e. The zero-order chi connectivity index (χ0) is 14.4. The molecule has 3 nitrogen and oxygen atoms in total. The molecule has 106 valence electrons. The van der Waals surface area contributed by atoms with Crippen LogP contribution in [0.2, 0.25) is 0 Å². The Balaban J connectivity index is 2.34. The van der Waals surface area contributed by atoms with Gasteiger partial charge >= 0.3 is 0 Å². The summed E-state index contributed by atoms with van der Waals surface area (Å²) in [6.45, 7) is 2.86. The van der Waals surface area contributed by atoms with Crippen LogP contribution < -0.4 is 4.90 Å². The monoisotopic (exact) mass is 271 g/mol. The number of carbonyl (C=O) groups is 1. The van der Waals surface area contributed by atoms with E-state index < -0.39 is 0 Å². The number of hydrogen-bond acceptors (Lipinski definition) is 2. The number of hydrogen-bond donors (Lipinski definition) is 1. The molecule has 1 heterocycles. The van der Waals surface area contributed by atoms with Gasteiger partial charge in [-0.05, 0) is 37.5 Å². The summed E-state index contributed by atoms with van der Waals surface area (Å²) in [7, 11) is 0. The van der Waals surface area contributed by atoms with Gasteiger partial charge in [-0.3, -0.25) is 4.79 Å². The molecule has 1 aromatic rings. The third kappa shape index (κ3) is 3.61. The Kier molecular flexibility index (Phi) is 5.20. The van der Waals surface area contributed by atoms with E-state index in [4.69, 9.17) is 5.11 Å². The molecule has 0 bridgehead atoms. The predicted molar refractivity (Wildman–Crippen MR) is 80.6 cm³/mol. The van der Waals surface area contributed by atoms with E-state index in [0.29, 0.717) is 12.8 Å². The number of rotatable bonds is 2. The van der Waals surface area contributed by atoms with Crippen LogP contribution in [0.4, 0.5) is 5.69 Å². The average Bonchev–Trinajstić information content (AvgIpc) is 2.64. The van der Waals surface area contributed by atoms with Crippen molar-refractivity contribution in [2.45, 2.75) is 39.0 Å². The molecule has 1 saturated heterocycles. The first kappa shape index (κ1) is 14.6. The molecule has 1 aliphatic rings. The number of anilines is 1. The van der Waals surface area contributed by atoms with E-state index in [1.165, 1.54) is 0 Å². The Morgan fingerprint density at radius 2 is 2.15 bits per heavy atom. The summed E-state index contributed by atoms with van der Waals surface area (Å²) in [5.41, 5.74) is 2.92. The lowest BCUT2D eigenvalue weighted by Crippen LogP contribution is -2.30. The van der Waals surface area contributed by atoms with Gasteiger partial charge in [0.1, 0.15) is 0 Å². The highest BCUT2D eigenvalue weighted by Crippen LogP contribution is 2.25. The fraction of sp³-hybridized carbons (Fsp3) is 0.471. The molecule has 20 heavy (non-hydrogen) atoms. The molecular weight excluding hydrogens is 250 g/mol. The summed E-state index contributed by atoms with van der Waals surface area (Å²) in [5, 5.41) is 8.83.